The number of hydrogen-bond acceptors (Lipinski definition) is 24. The molecule has 35 heteroatoms. The fourth-order valence-electron chi connectivity index (χ4n) is 3.13. The third-order valence-corrected chi connectivity index (χ3v) is 5.23. The smallest absolute Gasteiger partial charge is 0.863 e. The molecule has 2 radical (unpaired) electrons. The summed E-state index contributed by atoms with van der Waals surface area (Å²) < 4.78 is 0. The van der Waals surface area contributed by atoms with Gasteiger partial charge in [-0.3, -0.25) is 91.0 Å². The van der Waals surface area contributed by atoms with E-state index in [-0.39, 0.29) is 52.3 Å². The minimum Gasteiger partial charge on any atom is -0.863 e. The molecule has 0 aromatic heterocycles. The van der Waals surface area contributed by atoms with Gasteiger partial charge in [0.1, 0.15) is 0 Å². The van der Waals surface area contributed by atoms with Crippen LogP contribution in [0.1, 0.15) is 0 Å². The Labute approximate surface area is 303 Å². The Morgan fingerprint density at radius 3 is 0.453 bits per heavy atom. The standard InChI is InChI=1S/3C6H3N3O8.2Fe/c3*10-5-2(7(12)13)1-3(8(14)15)6(11)4(5)9(16)17;;/h3*1,10-11H;;/q;;;2*+3/p-6. The van der Waals surface area contributed by atoms with Crippen molar-refractivity contribution in [3.8, 4) is 34.5 Å². The summed E-state index contributed by atoms with van der Waals surface area (Å²) in [6.07, 6.45) is 0. The second-order valence-corrected chi connectivity index (χ2v) is 8.08. The van der Waals surface area contributed by atoms with Crippen molar-refractivity contribution in [1.29, 1.82) is 0 Å². The molecule has 0 aliphatic heterocycles. The summed E-state index contributed by atoms with van der Waals surface area (Å²) >= 11 is 0. The van der Waals surface area contributed by atoms with Crippen molar-refractivity contribution in [2.75, 3.05) is 0 Å². The summed E-state index contributed by atoms with van der Waals surface area (Å²) in [5.41, 5.74) is -13.4. The van der Waals surface area contributed by atoms with E-state index in [1.54, 1.807) is 0 Å². The number of hydrogen-bond donors (Lipinski definition) is 0. The molecule has 0 saturated carbocycles. The monoisotopic (exact) mass is 841 g/mol. The van der Waals surface area contributed by atoms with Crippen LogP contribution in [0.4, 0.5) is 51.2 Å². The van der Waals surface area contributed by atoms with Crippen LogP contribution in [0.3, 0.4) is 0 Å². The second kappa shape index (κ2) is 18.2. The molecule has 0 saturated heterocycles. The number of nitro groups is 9. The summed E-state index contributed by atoms with van der Waals surface area (Å²) in [6.45, 7) is 0. The Balaban J connectivity index is 0. The summed E-state index contributed by atoms with van der Waals surface area (Å²) in [6, 6.07) is 0.326. The van der Waals surface area contributed by atoms with Crippen molar-refractivity contribution < 1.29 is 109 Å². The summed E-state index contributed by atoms with van der Waals surface area (Å²) in [5, 5.41) is 160. The quantitative estimate of drug-likeness (QED) is 0.137. The minimum absolute atomic E-state index is 0. The Morgan fingerprint density at radius 1 is 0.264 bits per heavy atom. The molecule has 0 spiro atoms. The molecule has 0 fully saturated rings. The maximum absolute atomic E-state index is 11.1. The van der Waals surface area contributed by atoms with Crippen LogP contribution in [0.2, 0.25) is 0 Å². The van der Waals surface area contributed by atoms with Crippen LogP contribution in [0.5, 0.6) is 34.5 Å². The average Bonchev–Trinajstić information content (AvgIpc) is 2.96. The van der Waals surface area contributed by atoms with Gasteiger partial charge >= 0.3 is 34.1 Å². The van der Waals surface area contributed by atoms with Gasteiger partial charge in [-0.25, -0.2) is 0 Å². The third-order valence-electron chi connectivity index (χ3n) is 5.23. The van der Waals surface area contributed by atoms with Crippen molar-refractivity contribution in [1.82, 2.24) is 0 Å². The van der Waals surface area contributed by atoms with Gasteiger partial charge in [0.25, 0.3) is 51.2 Å². The van der Waals surface area contributed by atoms with Gasteiger partial charge in [0.2, 0.25) is 0 Å². The van der Waals surface area contributed by atoms with Crippen LogP contribution in [0.15, 0.2) is 18.2 Å². The minimum atomic E-state index is -1.75. The van der Waals surface area contributed by atoms with Gasteiger partial charge in [-0.1, -0.05) is 0 Å². The van der Waals surface area contributed by atoms with Gasteiger partial charge in [0.05, 0.1) is 97.0 Å². The van der Waals surface area contributed by atoms with Gasteiger partial charge in [-0.2, -0.15) is 0 Å². The number of nitro benzene ring substituents is 9. The zero-order chi connectivity index (χ0) is 40.0. The molecule has 280 valence electrons. The Morgan fingerprint density at radius 2 is 0.377 bits per heavy atom. The zero-order valence-electron chi connectivity index (χ0n) is 23.8. The molecule has 0 bridgehead atoms. The van der Waals surface area contributed by atoms with Crippen LogP contribution in [0.25, 0.3) is 0 Å². The molecule has 0 aliphatic rings. The van der Waals surface area contributed by atoms with E-state index in [4.69, 9.17) is 0 Å². The Kier molecular flexibility index (Phi) is 16.2. The van der Waals surface area contributed by atoms with E-state index in [1.807, 2.05) is 0 Å². The molecular formula is C18H3Fe2N9O24. The van der Waals surface area contributed by atoms with E-state index in [0.29, 0.717) is 0 Å². The Hall–Kier alpha value is -7.90. The van der Waals surface area contributed by atoms with Gasteiger partial charge in [-0.05, 0) is 0 Å². The Bertz CT molecular complexity index is 1740. The molecule has 0 heterocycles. The first-order valence-electron chi connectivity index (χ1n) is 11.3. The van der Waals surface area contributed by atoms with Crippen molar-refractivity contribution in [2.24, 2.45) is 0 Å². The van der Waals surface area contributed by atoms with Crippen molar-refractivity contribution >= 4 is 51.2 Å². The average molecular weight is 841 g/mol. The van der Waals surface area contributed by atoms with Gasteiger partial charge in [0.15, 0.2) is 0 Å². The summed E-state index contributed by atoms with van der Waals surface area (Å²) in [4.78, 5) is 80.7. The van der Waals surface area contributed by atoms with E-state index >= 15 is 0 Å². The SMILES string of the molecule is O=[N+]([O-])c1cc([N+](=O)[O-])c([O-])c([N+](=O)[O-])c1[O-].O=[N+]([O-])c1cc([N+](=O)[O-])c([O-])c([N+](=O)[O-])c1[O-].O=[N+]([O-])c1cc([N+](=O)[O-])c([O-])c([N+](=O)[O-])c1[O-].[Fe+3].[Fe+3]. The molecule has 0 aliphatic carbocycles. The predicted molar refractivity (Wildman–Crippen MR) is 136 cm³/mol. The number of rotatable bonds is 9. The van der Waals surface area contributed by atoms with Crippen LogP contribution in [0, 0.1) is 91.0 Å². The second-order valence-electron chi connectivity index (χ2n) is 8.08. The van der Waals surface area contributed by atoms with Gasteiger partial charge < -0.3 is 30.6 Å². The fourth-order valence-corrected chi connectivity index (χ4v) is 3.13. The van der Waals surface area contributed by atoms with Crippen LogP contribution in [-0.2, 0) is 34.1 Å². The molecule has 33 nitrogen and oxygen atoms in total. The van der Waals surface area contributed by atoms with Crippen molar-refractivity contribution in [3.05, 3.63) is 109 Å². The largest absolute Gasteiger partial charge is 3.00 e. The zero-order valence-corrected chi connectivity index (χ0v) is 26.0. The first-order valence-corrected chi connectivity index (χ1v) is 11.3. The topological polar surface area (TPSA) is 527 Å². The first kappa shape index (κ1) is 47.2. The van der Waals surface area contributed by atoms with E-state index in [0.717, 1.165) is 0 Å². The van der Waals surface area contributed by atoms with Crippen LogP contribution >= 0.6 is 0 Å². The third kappa shape index (κ3) is 10.1. The maximum atomic E-state index is 11.1. The van der Waals surface area contributed by atoms with Crippen LogP contribution < -0.4 is 30.6 Å². The van der Waals surface area contributed by atoms with E-state index in [2.05, 4.69) is 0 Å². The van der Waals surface area contributed by atoms with Gasteiger partial charge in [0, 0.05) is 0 Å². The molecule has 3 rings (SSSR count). The summed E-state index contributed by atoms with van der Waals surface area (Å²) in [7, 11) is 0. The maximum Gasteiger partial charge on any atom is 3.00 e. The van der Waals surface area contributed by atoms with Crippen molar-refractivity contribution in [2.45, 2.75) is 0 Å². The molecule has 53 heavy (non-hydrogen) atoms. The fraction of sp³-hybridized carbons (Fsp3) is 0. The van der Waals surface area contributed by atoms with E-state index in [9.17, 15) is 122 Å². The molecule has 3 aromatic rings. The van der Waals surface area contributed by atoms with Gasteiger partial charge in [-0.15, -0.1) is 0 Å². The molecule has 3 aromatic carbocycles. The summed E-state index contributed by atoms with van der Waals surface area (Å²) in [5.74, 6) is -10.5. The number of nitrogens with zero attached hydrogens (tertiary/aromatic N) is 9. The first-order chi connectivity index (χ1) is 23.3. The normalized spacial score (nSPS) is 9.51. The predicted octanol–water partition coefficient (Wildman–Crippen LogP) is -1.33. The van der Waals surface area contributed by atoms with Crippen molar-refractivity contribution in [3.63, 3.8) is 0 Å². The van der Waals surface area contributed by atoms with E-state index in [1.165, 1.54) is 0 Å². The molecule has 0 unspecified atom stereocenters. The molecule has 0 N–H and O–H groups in total. The number of benzene rings is 3. The van der Waals surface area contributed by atoms with E-state index < -0.39 is 130 Å². The molecular weight excluding hydrogens is 838 g/mol. The molecule has 0 amide bonds. The molecule has 0 atom stereocenters. The van der Waals surface area contributed by atoms with Crippen LogP contribution in [-0.4, -0.2) is 44.3 Å².